The number of rotatable bonds is 4. The van der Waals surface area contributed by atoms with Gasteiger partial charge >= 0.3 is 0 Å². The van der Waals surface area contributed by atoms with Crippen molar-refractivity contribution in [2.24, 2.45) is 0 Å². The second-order valence-corrected chi connectivity index (χ2v) is 7.49. The molecular weight excluding hydrogens is 414 g/mol. The number of halogens is 2. The highest BCUT2D eigenvalue weighted by Gasteiger charge is 2.19. The van der Waals surface area contributed by atoms with E-state index in [2.05, 4.69) is 19.9 Å². The fourth-order valence-corrected chi connectivity index (χ4v) is 4.02. The van der Waals surface area contributed by atoms with Gasteiger partial charge in [0.25, 0.3) is 0 Å². The predicted molar refractivity (Wildman–Crippen MR) is 117 cm³/mol. The van der Waals surface area contributed by atoms with Gasteiger partial charge in [0, 0.05) is 53.1 Å². The summed E-state index contributed by atoms with van der Waals surface area (Å²) in [5.74, 6) is -1.46. The van der Waals surface area contributed by atoms with Crippen LogP contribution in [0, 0.1) is 11.6 Å². The first kappa shape index (κ1) is 20.4. The molecule has 8 heteroatoms. The van der Waals surface area contributed by atoms with Gasteiger partial charge in [-0.1, -0.05) is 6.07 Å². The molecule has 1 aliphatic heterocycles. The predicted octanol–water partition coefficient (Wildman–Crippen LogP) is 3.97. The summed E-state index contributed by atoms with van der Waals surface area (Å²) in [5, 5.41) is 10.3. The summed E-state index contributed by atoms with van der Waals surface area (Å²) in [4.78, 5) is 15.0. The molecule has 0 aliphatic carbocycles. The Morgan fingerprint density at radius 3 is 2.53 bits per heavy atom. The van der Waals surface area contributed by atoms with Crippen molar-refractivity contribution < 1.29 is 18.6 Å². The lowest BCUT2D eigenvalue weighted by Crippen LogP contribution is -2.36. The van der Waals surface area contributed by atoms with Gasteiger partial charge in [0.1, 0.15) is 18.0 Å². The smallest absolute Gasteiger partial charge is 0.135 e. The van der Waals surface area contributed by atoms with E-state index in [-0.39, 0.29) is 17.7 Å². The minimum absolute atomic E-state index is 0.148. The lowest BCUT2D eigenvalue weighted by molar-refractivity contribution is 0.122. The molecule has 0 radical (unpaired) electrons. The Bertz CT molecular complexity index is 1290. The first-order chi connectivity index (χ1) is 15.7. The third-order valence-electron chi connectivity index (χ3n) is 5.64. The number of anilines is 1. The Balaban J connectivity index is 1.63. The zero-order valence-electron chi connectivity index (χ0n) is 17.1. The van der Waals surface area contributed by atoms with Gasteiger partial charge in [-0.3, -0.25) is 4.98 Å². The van der Waals surface area contributed by atoms with Crippen molar-refractivity contribution >= 4 is 16.6 Å². The van der Waals surface area contributed by atoms with Crippen LogP contribution in [0.3, 0.4) is 0 Å². The molecule has 0 bridgehead atoms. The lowest BCUT2D eigenvalue weighted by atomic mass is 9.97. The topological polar surface area (TPSA) is 71.4 Å². The summed E-state index contributed by atoms with van der Waals surface area (Å²) < 4.78 is 35.1. The quantitative estimate of drug-likeness (QED) is 0.524. The molecule has 162 valence electrons. The van der Waals surface area contributed by atoms with Crippen molar-refractivity contribution in [3.05, 3.63) is 72.3 Å². The molecule has 1 fully saturated rings. The second-order valence-electron chi connectivity index (χ2n) is 7.49. The van der Waals surface area contributed by atoms with Gasteiger partial charge < -0.3 is 14.7 Å². The number of benzene rings is 2. The van der Waals surface area contributed by atoms with Crippen LogP contribution < -0.4 is 4.90 Å². The Kier molecular flexibility index (Phi) is 5.46. The van der Waals surface area contributed by atoms with Crippen LogP contribution in [0.4, 0.5) is 14.5 Å². The molecule has 0 unspecified atom stereocenters. The monoisotopic (exact) mass is 434 g/mol. The maximum absolute atomic E-state index is 14.9. The molecule has 32 heavy (non-hydrogen) atoms. The summed E-state index contributed by atoms with van der Waals surface area (Å²) in [6.45, 7) is 2.56. The summed E-state index contributed by atoms with van der Waals surface area (Å²) in [5.41, 5.74) is 3.07. The van der Waals surface area contributed by atoms with Crippen molar-refractivity contribution in [1.29, 1.82) is 0 Å². The van der Waals surface area contributed by atoms with Crippen molar-refractivity contribution in [1.82, 2.24) is 15.0 Å². The summed E-state index contributed by atoms with van der Waals surface area (Å²) in [7, 11) is 0. The Morgan fingerprint density at radius 1 is 0.906 bits per heavy atom. The molecule has 3 heterocycles. The van der Waals surface area contributed by atoms with Crippen LogP contribution in [0.1, 0.15) is 5.69 Å². The zero-order chi connectivity index (χ0) is 22.1. The highest BCUT2D eigenvalue weighted by atomic mass is 19.1. The minimum Gasteiger partial charge on any atom is -0.390 e. The number of aliphatic hydroxyl groups is 1. The first-order valence-electron chi connectivity index (χ1n) is 10.3. The summed E-state index contributed by atoms with van der Waals surface area (Å²) in [6, 6.07) is 11.3. The molecule has 0 spiro atoms. The second kappa shape index (κ2) is 8.57. The zero-order valence-corrected chi connectivity index (χ0v) is 17.1. The number of ether oxygens (including phenoxy) is 1. The van der Waals surface area contributed by atoms with Crippen molar-refractivity contribution in [3.8, 4) is 22.4 Å². The number of fused-ring (bicyclic) bond motifs is 1. The Morgan fingerprint density at radius 2 is 1.72 bits per heavy atom. The minimum atomic E-state index is -0.734. The fraction of sp³-hybridized carbons (Fsp3) is 0.208. The molecule has 5 rings (SSSR count). The fourth-order valence-electron chi connectivity index (χ4n) is 4.02. The van der Waals surface area contributed by atoms with E-state index < -0.39 is 11.6 Å². The Hall–Kier alpha value is -3.49. The standard InChI is InChI=1S/C24H20F2N4O2/c25-20-12-21(26)19(11-18(20)16-2-1-5-27-23(16)13-31)24-17-4-3-15(10-22(17)28-14-29-24)30-6-8-32-9-7-30/h1-5,10-12,14,31H,6-9,13H2. The number of aromatic nitrogens is 3. The average Bonchev–Trinajstić information content (AvgIpc) is 2.84. The Labute approximate surface area is 183 Å². The molecular formula is C24H20F2N4O2. The van der Waals surface area contributed by atoms with Gasteiger partial charge in [0.05, 0.1) is 36.7 Å². The number of aliphatic hydroxyl groups excluding tert-OH is 1. The van der Waals surface area contributed by atoms with E-state index in [9.17, 15) is 13.9 Å². The van der Waals surface area contributed by atoms with Crippen LogP contribution in [0.15, 0.2) is 55.0 Å². The van der Waals surface area contributed by atoms with Crippen LogP contribution in [-0.4, -0.2) is 46.4 Å². The molecule has 6 nitrogen and oxygen atoms in total. The van der Waals surface area contributed by atoms with Crippen LogP contribution in [0.2, 0.25) is 0 Å². The highest BCUT2D eigenvalue weighted by Crippen LogP contribution is 2.35. The molecule has 2 aromatic carbocycles. The maximum Gasteiger partial charge on any atom is 0.135 e. The average molecular weight is 434 g/mol. The van der Waals surface area contributed by atoms with Crippen LogP contribution >= 0.6 is 0 Å². The number of hydrogen-bond acceptors (Lipinski definition) is 6. The summed E-state index contributed by atoms with van der Waals surface area (Å²) in [6.07, 6.45) is 2.90. The molecule has 1 aliphatic rings. The number of pyridine rings is 1. The van der Waals surface area contributed by atoms with Crippen LogP contribution in [0.25, 0.3) is 33.3 Å². The number of hydrogen-bond donors (Lipinski definition) is 1. The van der Waals surface area contributed by atoms with E-state index in [1.54, 1.807) is 12.1 Å². The SMILES string of the molecule is OCc1ncccc1-c1cc(-c2ncnc3cc(N4CCOCC4)ccc23)c(F)cc1F. The largest absolute Gasteiger partial charge is 0.390 e. The van der Waals surface area contributed by atoms with Gasteiger partial charge in [0.15, 0.2) is 0 Å². The number of nitrogens with zero attached hydrogens (tertiary/aromatic N) is 4. The van der Waals surface area contributed by atoms with Gasteiger partial charge in [0.2, 0.25) is 0 Å². The van der Waals surface area contributed by atoms with E-state index in [1.807, 2.05) is 18.2 Å². The molecule has 0 atom stereocenters. The summed E-state index contributed by atoms with van der Waals surface area (Å²) >= 11 is 0. The number of morpholine rings is 1. The molecule has 1 N–H and O–H groups in total. The van der Waals surface area contributed by atoms with Gasteiger partial charge in [-0.25, -0.2) is 18.7 Å². The van der Waals surface area contributed by atoms with E-state index in [4.69, 9.17) is 4.74 Å². The van der Waals surface area contributed by atoms with E-state index in [0.717, 1.165) is 24.8 Å². The maximum atomic E-state index is 14.9. The van der Waals surface area contributed by atoms with E-state index in [1.165, 1.54) is 18.6 Å². The molecule has 4 aromatic rings. The van der Waals surface area contributed by atoms with Crippen molar-refractivity contribution in [2.45, 2.75) is 6.61 Å². The normalized spacial score (nSPS) is 14.2. The van der Waals surface area contributed by atoms with Gasteiger partial charge in [-0.15, -0.1) is 0 Å². The van der Waals surface area contributed by atoms with Crippen molar-refractivity contribution in [2.75, 3.05) is 31.2 Å². The van der Waals surface area contributed by atoms with Crippen LogP contribution in [0.5, 0.6) is 0 Å². The first-order valence-corrected chi connectivity index (χ1v) is 10.3. The van der Waals surface area contributed by atoms with E-state index in [0.29, 0.717) is 41.1 Å². The third-order valence-corrected chi connectivity index (χ3v) is 5.64. The molecule has 0 amide bonds. The molecule has 0 saturated carbocycles. The van der Waals surface area contributed by atoms with E-state index >= 15 is 0 Å². The lowest BCUT2D eigenvalue weighted by Gasteiger charge is -2.29. The molecule has 1 saturated heterocycles. The molecule has 2 aromatic heterocycles. The van der Waals surface area contributed by atoms with Crippen LogP contribution in [-0.2, 0) is 11.3 Å². The highest BCUT2D eigenvalue weighted by molar-refractivity contribution is 5.94. The van der Waals surface area contributed by atoms with Crippen molar-refractivity contribution in [3.63, 3.8) is 0 Å². The van der Waals surface area contributed by atoms with Gasteiger partial charge in [-0.2, -0.15) is 0 Å². The third kappa shape index (κ3) is 3.68. The van der Waals surface area contributed by atoms with Gasteiger partial charge in [-0.05, 0) is 30.3 Å².